The Morgan fingerprint density at radius 1 is 1.30 bits per heavy atom. The van der Waals surface area contributed by atoms with Crippen molar-refractivity contribution >= 4 is 22.5 Å². The van der Waals surface area contributed by atoms with Gasteiger partial charge in [0.1, 0.15) is 11.5 Å². The van der Waals surface area contributed by atoms with Crippen molar-refractivity contribution in [2.24, 2.45) is 0 Å². The highest BCUT2D eigenvalue weighted by Gasteiger charge is 2.25. The summed E-state index contributed by atoms with van der Waals surface area (Å²) in [5.41, 5.74) is 8.53. The molecule has 4 rings (SSSR count). The summed E-state index contributed by atoms with van der Waals surface area (Å²) in [5, 5.41) is 8.92. The molecule has 1 aliphatic rings. The molecular weight excluding hydrogens is 338 g/mol. The molecule has 0 saturated carbocycles. The van der Waals surface area contributed by atoms with E-state index in [2.05, 4.69) is 22.1 Å². The zero-order valence-corrected chi connectivity index (χ0v) is 15.2. The van der Waals surface area contributed by atoms with Gasteiger partial charge in [-0.3, -0.25) is 9.48 Å². The van der Waals surface area contributed by atoms with Crippen LogP contribution < -0.4 is 11.1 Å². The molecular formula is C21H21N5O. The summed E-state index contributed by atoms with van der Waals surface area (Å²) < 4.78 is 2.00. The molecule has 0 unspecified atom stereocenters. The maximum atomic E-state index is 13.2. The SMILES string of the molecule is CC#Cc1ccc2c(c1)c(C(=O)c1cccnc1N)nn2C1CCNCC1. The summed E-state index contributed by atoms with van der Waals surface area (Å²) in [4.78, 5) is 17.2. The second-order valence-corrected chi connectivity index (χ2v) is 6.65. The van der Waals surface area contributed by atoms with Gasteiger partial charge in [-0.15, -0.1) is 5.92 Å². The van der Waals surface area contributed by atoms with Crippen LogP contribution in [0.2, 0.25) is 0 Å². The average Bonchev–Trinajstić information content (AvgIpc) is 3.08. The van der Waals surface area contributed by atoms with E-state index in [0.717, 1.165) is 42.4 Å². The Balaban J connectivity index is 1.89. The Hall–Kier alpha value is -3.17. The molecule has 0 atom stereocenters. The predicted molar refractivity (Wildman–Crippen MR) is 106 cm³/mol. The topological polar surface area (TPSA) is 85.8 Å². The van der Waals surface area contributed by atoms with Crippen molar-refractivity contribution in [3.8, 4) is 11.8 Å². The number of carbonyl (C=O) groups excluding carboxylic acids is 1. The third kappa shape index (κ3) is 3.18. The van der Waals surface area contributed by atoms with Gasteiger partial charge in [-0.05, 0) is 63.2 Å². The summed E-state index contributed by atoms with van der Waals surface area (Å²) >= 11 is 0. The second-order valence-electron chi connectivity index (χ2n) is 6.65. The number of hydrogen-bond acceptors (Lipinski definition) is 5. The molecule has 0 radical (unpaired) electrons. The van der Waals surface area contributed by atoms with E-state index >= 15 is 0 Å². The van der Waals surface area contributed by atoms with Crippen molar-refractivity contribution in [3.05, 3.63) is 53.3 Å². The maximum absolute atomic E-state index is 13.2. The van der Waals surface area contributed by atoms with Crippen LogP contribution in [0, 0.1) is 11.8 Å². The summed E-state index contributed by atoms with van der Waals surface area (Å²) in [7, 11) is 0. The van der Waals surface area contributed by atoms with Crippen LogP contribution in [0.4, 0.5) is 5.82 Å². The number of nitrogens with one attached hydrogen (secondary N) is 1. The number of anilines is 1. The highest BCUT2D eigenvalue weighted by atomic mass is 16.1. The van der Waals surface area contributed by atoms with E-state index < -0.39 is 0 Å². The molecule has 1 saturated heterocycles. The molecule has 27 heavy (non-hydrogen) atoms. The molecule has 3 N–H and O–H groups in total. The van der Waals surface area contributed by atoms with Crippen molar-refractivity contribution in [1.82, 2.24) is 20.1 Å². The van der Waals surface area contributed by atoms with E-state index in [0.29, 0.717) is 11.3 Å². The van der Waals surface area contributed by atoms with Gasteiger partial charge in [0.15, 0.2) is 0 Å². The number of aromatic nitrogens is 3. The monoisotopic (exact) mass is 359 g/mol. The normalized spacial score (nSPS) is 14.7. The molecule has 1 aliphatic heterocycles. The molecule has 0 spiro atoms. The maximum Gasteiger partial charge on any atom is 0.217 e. The zero-order chi connectivity index (χ0) is 18.8. The molecule has 1 fully saturated rings. The Kier molecular flexibility index (Phi) is 4.61. The van der Waals surface area contributed by atoms with Gasteiger partial charge in [0.25, 0.3) is 0 Å². The highest BCUT2D eigenvalue weighted by molar-refractivity contribution is 6.16. The molecule has 3 aromatic rings. The van der Waals surface area contributed by atoms with Crippen LogP contribution in [0.25, 0.3) is 10.9 Å². The lowest BCUT2D eigenvalue weighted by atomic mass is 10.0. The van der Waals surface area contributed by atoms with Gasteiger partial charge < -0.3 is 11.1 Å². The fraction of sp³-hybridized carbons (Fsp3) is 0.286. The fourth-order valence-electron chi connectivity index (χ4n) is 3.60. The number of carbonyl (C=O) groups is 1. The number of rotatable bonds is 3. The van der Waals surface area contributed by atoms with E-state index in [-0.39, 0.29) is 17.6 Å². The first-order valence-corrected chi connectivity index (χ1v) is 9.10. The minimum Gasteiger partial charge on any atom is -0.383 e. The van der Waals surface area contributed by atoms with Gasteiger partial charge in [-0.1, -0.05) is 5.92 Å². The molecule has 6 nitrogen and oxygen atoms in total. The second kappa shape index (κ2) is 7.22. The number of piperidine rings is 1. The number of hydrogen-bond donors (Lipinski definition) is 2. The summed E-state index contributed by atoms with van der Waals surface area (Å²) in [5.74, 6) is 5.98. The third-order valence-electron chi connectivity index (χ3n) is 4.93. The number of ketones is 1. The van der Waals surface area contributed by atoms with Gasteiger partial charge in [0.05, 0.1) is 17.1 Å². The van der Waals surface area contributed by atoms with Crippen LogP contribution in [0.5, 0.6) is 0 Å². The molecule has 0 aliphatic carbocycles. The Bertz CT molecular complexity index is 1070. The Labute approximate surface area is 157 Å². The van der Waals surface area contributed by atoms with Gasteiger partial charge >= 0.3 is 0 Å². The number of fused-ring (bicyclic) bond motifs is 1. The van der Waals surface area contributed by atoms with Gasteiger partial charge in [0.2, 0.25) is 5.78 Å². The molecule has 0 bridgehead atoms. The molecule has 3 heterocycles. The fourth-order valence-corrected chi connectivity index (χ4v) is 3.60. The minimum atomic E-state index is -0.208. The van der Waals surface area contributed by atoms with Crippen molar-refractivity contribution in [2.45, 2.75) is 25.8 Å². The number of benzene rings is 1. The van der Waals surface area contributed by atoms with Crippen LogP contribution in [-0.4, -0.2) is 33.6 Å². The molecule has 0 amide bonds. The van der Waals surface area contributed by atoms with E-state index in [1.807, 2.05) is 22.9 Å². The van der Waals surface area contributed by atoms with Crippen molar-refractivity contribution in [3.63, 3.8) is 0 Å². The lowest BCUT2D eigenvalue weighted by Crippen LogP contribution is -2.30. The van der Waals surface area contributed by atoms with Crippen molar-refractivity contribution < 1.29 is 4.79 Å². The summed E-state index contributed by atoms with van der Waals surface area (Å²) in [6, 6.07) is 9.60. The third-order valence-corrected chi connectivity index (χ3v) is 4.93. The van der Waals surface area contributed by atoms with Crippen LogP contribution in [0.15, 0.2) is 36.5 Å². The smallest absolute Gasteiger partial charge is 0.217 e. The molecule has 2 aromatic heterocycles. The van der Waals surface area contributed by atoms with E-state index in [1.165, 1.54) is 0 Å². The van der Waals surface area contributed by atoms with Gasteiger partial charge in [0, 0.05) is 17.1 Å². The van der Waals surface area contributed by atoms with E-state index in [1.54, 1.807) is 25.3 Å². The van der Waals surface area contributed by atoms with E-state index in [9.17, 15) is 4.79 Å². The number of nitrogen functional groups attached to an aromatic ring is 1. The molecule has 6 heteroatoms. The first-order valence-electron chi connectivity index (χ1n) is 9.10. The van der Waals surface area contributed by atoms with Crippen LogP contribution >= 0.6 is 0 Å². The molecule has 136 valence electrons. The largest absolute Gasteiger partial charge is 0.383 e. The number of nitrogens with zero attached hydrogens (tertiary/aromatic N) is 3. The number of nitrogens with two attached hydrogens (primary N) is 1. The quantitative estimate of drug-likeness (QED) is 0.554. The minimum absolute atomic E-state index is 0.208. The molecule has 1 aromatic carbocycles. The lowest BCUT2D eigenvalue weighted by Gasteiger charge is -2.23. The summed E-state index contributed by atoms with van der Waals surface area (Å²) in [6.07, 6.45) is 3.54. The highest BCUT2D eigenvalue weighted by Crippen LogP contribution is 2.29. The Morgan fingerprint density at radius 3 is 2.85 bits per heavy atom. The van der Waals surface area contributed by atoms with Gasteiger partial charge in [-0.25, -0.2) is 4.98 Å². The summed E-state index contributed by atoms with van der Waals surface area (Å²) in [6.45, 7) is 3.69. The average molecular weight is 359 g/mol. The number of pyridine rings is 1. The first kappa shape index (κ1) is 17.3. The van der Waals surface area contributed by atoms with Crippen molar-refractivity contribution in [2.75, 3.05) is 18.8 Å². The Morgan fingerprint density at radius 2 is 2.11 bits per heavy atom. The standard InChI is InChI=1S/C21H21N5O/c1-2-4-14-6-7-18-17(13-14)19(20(27)16-5-3-10-24-21(16)22)25-26(18)15-8-11-23-12-9-15/h3,5-7,10,13,15,23H,8-9,11-12H2,1H3,(H2,22,24). The predicted octanol–water partition coefficient (Wildman–Crippen LogP) is 2.54. The first-order chi connectivity index (χ1) is 13.2. The van der Waals surface area contributed by atoms with E-state index in [4.69, 9.17) is 10.8 Å². The van der Waals surface area contributed by atoms with Crippen molar-refractivity contribution in [1.29, 1.82) is 0 Å². The van der Waals surface area contributed by atoms with Gasteiger partial charge in [-0.2, -0.15) is 5.10 Å². The van der Waals surface area contributed by atoms with Crippen LogP contribution in [0.1, 0.15) is 47.4 Å². The zero-order valence-electron chi connectivity index (χ0n) is 15.2. The lowest BCUT2D eigenvalue weighted by molar-refractivity contribution is 0.103. The van der Waals surface area contributed by atoms with Crippen LogP contribution in [-0.2, 0) is 0 Å². The van der Waals surface area contributed by atoms with Crippen LogP contribution in [0.3, 0.4) is 0 Å².